The second-order valence-corrected chi connectivity index (χ2v) is 0. The summed E-state index contributed by atoms with van der Waals surface area (Å²) >= 11 is 0.333. The molecule has 5 heavy (non-hydrogen) atoms. The normalized spacial score (nSPS) is 0.800. The van der Waals surface area contributed by atoms with Crippen molar-refractivity contribution in [2.45, 2.75) is 0 Å². The van der Waals surface area contributed by atoms with Gasteiger partial charge in [0.05, 0.1) is 0 Å². The fourth-order valence-corrected chi connectivity index (χ4v) is 0. The van der Waals surface area contributed by atoms with Gasteiger partial charge in [0.15, 0.2) is 0 Å². The Hall–Kier alpha value is 2.62. The average Bonchev–Trinajstić information content (AvgIpc) is 1.00. The molecule has 0 unspecified atom stereocenters. The number of hydrogen-bond acceptors (Lipinski definition) is 1. The van der Waals surface area contributed by atoms with Crippen molar-refractivity contribution in [1.29, 1.82) is 0 Å². The van der Waals surface area contributed by atoms with Crippen LogP contribution in [0.5, 0.6) is 0 Å². The van der Waals surface area contributed by atoms with Gasteiger partial charge in [0, 0.05) is 65.1 Å². The maximum atomic E-state index is 8.33. The SMILES string of the molecule is [Ga].[In].[O]=[W].[Zn]. The molecule has 0 aliphatic rings. The zero-order chi connectivity index (χ0) is 2.00. The summed E-state index contributed by atoms with van der Waals surface area (Å²) in [5.74, 6) is 0. The molecule has 0 rings (SSSR count). The summed E-state index contributed by atoms with van der Waals surface area (Å²) in [4.78, 5) is 0. The molecule has 20 valence electrons. The van der Waals surface area contributed by atoms with Gasteiger partial charge < -0.3 is 0 Å². The summed E-state index contributed by atoms with van der Waals surface area (Å²) in [5.41, 5.74) is 0. The first-order chi connectivity index (χ1) is 1.00. The fraction of sp³-hybridized carbons (Fsp3) is 0. The zero-order valence-corrected chi connectivity index (χ0v) is 14.3. The molecule has 0 aromatic carbocycles. The quantitative estimate of drug-likeness (QED) is 0.439. The van der Waals surface area contributed by atoms with Crippen LogP contribution in [0.15, 0.2) is 0 Å². The minimum absolute atomic E-state index is 0. The molecular formula is GaInOWZn. The maximum Gasteiger partial charge on any atom is 0 e. The Morgan fingerprint density at radius 2 is 1.20 bits per heavy atom. The molecule has 0 N–H and O–H groups in total. The molecule has 0 amide bonds. The van der Waals surface area contributed by atoms with E-state index >= 15 is 0 Å². The van der Waals surface area contributed by atoms with Crippen molar-refractivity contribution < 1.29 is 42.7 Å². The van der Waals surface area contributed by atoms with Crippen LogP contribution in [0, 0.1) is 0 Å². The van der Waals surface area contributed by atoms with Gasteiger partial charge in [0.25, 0.3) is 0 Å². The van der Waals surface area contributed by atoms with Crippen molar-refractivity contribution in [1.82, 2.24) is 0 Å². The topological polar surface area (TPSA) is 17.1 Å². The summed E-state index contributed by atoms with van der Waals surface area (Å²) in [6.07, 6.45) is 0. The van der Waals surface area contributed by atoms with Crippen LogP contribution in [0.4, 0.5) is 0 Å². The predicted molar refractivity (Wildman–Crippen MR) is 12.2 cm³/mol. The van der Waals surface area contributed by atoms with Crippen LogP contribution in [0.2, 0.25) is 0 Å². The van der Waals surface area contributed by atoms with Gasteiger partial charge in [-0.2, -0.15) is 0 Å². The second-order valence-electron chi connectivity index (χ2n) is 0. The van der Waals surface area contributed by atoms with E-state index in [-0.39, 0.29) is 65.1 Å². The molecule has 0 aromatic rings. The van der Waals surface area contributed by atoms with Crippen molar-refractivity contribution in [2.24, 2.45) is 0 Å². The average molecular weight is 450 g/mol. The Labute approximate surface area is 86.8 Å². The first kappa shape index (κ1) is 25.5. The van der Waals surface area contributed by atoms with Gasteiger partial charge >= 0.3 is 23.2 Å². The summed E-state index contributed by atoms with van der Waals surface area (Å²) in [6, 6.07) is 0. The third-order valence-corrected chi connectivity index (χ3v) is 0. The van der Waals surface area contributed by atoms with Crippen molar-refractivity contribution in [3.05, 3.63) is 0 Å². The third kappa shape index (κ3) is 20.6. The molecule has 6 radical (unpaired) electrons. The fourth-order valence-electron chi connectivity index (χ4n) is 0. The molecule has 0 heterocycles. The first-order valence-electron chi connectivity index (χ1n) is 0.167. The minimum atomic E-state index is 0. The molecule has 1 nitrogen and oxygen atoms in total. The standard InChI is InChI=1S/Ga.In.O.W.Zn. The van der Waals surface area contributed by atoms with Crippen LogP contribution in [-0.2, 0) is 42.7 Å². The van der Waals surface area contributed by atoms with Gasteiger partial charge in [0.2, 0.25) is 0 Å². The largest absolute Gasteiger partial charge is 0 e. The number of hydrogen-bond donors (Lipinski definition) is 0. The molecule has 0 aliphatic carbocycles. The van der Waals surface area contributed by atoms with Crippen LogP contribution in [0.1, 0.15) is 0 Å². The van der Waals surface area contributed by atoms with Gasteiger partial charge in [-0.3, -0.25) is 0 Å². The smallest absolute Gasteiger partial charge is 0 e. The Kier molecular flexibility index (Phi) is 155. The Bertz CT molecular complexity index is 11.6. The van der Waals surface area contributed by atoms with Crippen LogP contribution in [0.25, 0.3) is 0 Å². The molecule has 0 saturated carbocycles. The van der Waals surface area contributed by atoms with Crippen molar-refractivity contribution in [3.8, 4) is 0 Å². The van der Waals surface area contributed by atoms with E-state index in [0.717, 1.165) is 0 Å². The summed E-state index contributed by atoms with van der Waals surface area (Å²) < 4.78 is 8.33. The van der Waals surface area contributed by atoms with E-state index < -0.39 is 0 Å². The van der Waals surface area contributed by atoms with Gasteiger partial charge in [-0.05, 0) is 0 Å². The summed E-state index contributed by atoms with van der Waals surface area (Å²) in [7, 11) is 0. The van der Waals surface area contributed by atoms with E-state index in [1.54, 1.807) is 0 Å². The van der Waals surface area contributed by atoms with Crippen LogP contribution < -0.4 is 0 Å². The molecule has 0 bridgehead atoms. The molecule has 0 spiro atoms. The van der Waals surface area contributed by atoms with Gasteiger partial charge in [-0.25, -0.2) is 0 Å². The Morgan fingerprint density at radius 1 is 1.20 bits per heavy atom. The van der Waals surface area contributed by atoms with Crippen LogP contribution in [-0.4, -0.2) is 45.6 Å². The van der Waals surface area contributed by atoms with Gasteiger partial charge in [-0.1, -0.05) is 0 Å². The molecule has 0 aliphatic heterocycles. The monoisotopic (exact) mass is 448 g/mol. The molecule has 0 saturated heterocycles. The van der Waals surface area contributed by atoms with Crippen LogP contribution >= 0.6 is 0 Å². The minimum Gasteiger partial charge on any atom is 0 e. The van der Waals surface area contributed by atoms with Crippen molar-refractivity contribution >= 4 is 45.6 Å². The van der Waals surface area contributed by atoms with E-state index in [4.69, 9.17) is 3.40 Å². The predicted octanol–water partition coefficient (Wildman–Crippen LogP) is -0.885. The molecular weight excluding hydrogens is 450 g/mol. The van der Waals surface area contributed by atoms with Gasteiger partial charge in [-0.15, -0.1) is 0 Å². The zero-order valence-electron chi connectivity index (χ0n) is 2.68. The molecule has 0 fully saturated rings. The van der Waals surface area contributed by atoms with Crippen molar-refractivity contribution in [2.75, 3.05) is 0 Å². The van der Waals surface area contributed by atoms with E-state index in [9.17, 15) is 0 Å². The first-order valence-corrected chi connectivity index (χ1v) is 1.36. The van der Waals surface area contributed by atoms with Gasteiger partial charge in [0.1, 0.15) is 0 Å². The van der Waals surface area contributed by atoms with Crippen LogP contribution in [0.3, 0.4) is 0 Å². The third-order valence-electron chi connectivity index (χ3n) is 0. The molecule has 5 heteroatoms. The maximum absolute atomic E-state index is 8.33. The van der Waals surface area contributed by atoms with Crippen molar-refractivity contribution in [3.63, 3.8) is 0 Å². The number of rotatable bonds is 0. The van der Waals surface area contributed by atoms with E-state index in [2.05, 4.69) is 0 Å². The van der Waals surface area contributed by atoms with E-state index in [1.807, 2.05) is 0 Å². The molecule has 0 atom stereocenters. The Morgan fingerprint density at radius 3 is 1.20 bits per heavy atom. The van der Waals surface area contributed by atoms with E-state index in [0.29, 0.717) is 19.8 Å². The van der Waals surface area contributed by atoms with E-state index in [1.165, 1.54) is 0 Å². The molecule has 0 aromatic heterocycles. The summed E-state index contributed by atoms with van der Waals surface area (Å²) in [5, 5.41) is 0. The second kappa shape index (κ2) is 30.5. The Balaban J connectivity index is -0.00000000167. The summed E-state index contributed by atoms with van der Waals surface area (Å²) in [6.45, 7) is 0.